The summed E-state index contributed by atoms with van der Waals surface area (Å²) in [6.07, 6.45) is 5.20. The molecule has 38 heavy (non-hydrogen) atoms. The number of fused-ring (bicyclic) bond motifs is 1. The average Bonchev–Trinajstić information content (AvgIpc) is 3.32. The lowest BCUT2D eigenvalue weighted by atomic mass is 9.69. The van der Waals surface area contributed by atoms with Crippen LogP contribution < -0.4 is 0 Å². The van der Waals surface area contributed by atoms with E-state index in [4.69, 9.17) is 0 Å². The van der Waals surface area contributed by atoms with Gasteiger partial charge in [0.2, 0.25) is 0 Å². The second-order valence-electron chi connectivity index (χ2n) is 10.3. The van der Waals surface area contributed by atoms with E-state index in [0.29, 0.717) is 41.2 Å². The van der Waals surface area contributed by atoms with E-state index in [9.17, 15) is 18.0 Å². The van der Waals surface area contributed by atoms with Crippen molar-refractivity contribution in [3.8, 4) is 11.3 Å². The molecule has 0 aliphatic heterocycles. The van der Waals surface area contributed by atoms with Crippen molar-refractivity contribution in [1.82, 2.24) is 20.2 Å². The Morgan fingerprint density at radius 2 is 1.95 bits per heavy atom. The second kappa shape index (κ2) is 10.5. The van der Waals surface area contributed by atoms with Crippen molar-refractivity contribution >= 4 is 16.8 Å². The van der Waals surface area contributed by atoms with Crippen LogP contribution in [0.1, 0.15) is 65.7 Å². The molecule has 1 saturated carbocycles. The van der Waals surface area contributed by atoms with Crippen molar-refractivity contribution < 1.29 is 18.0 Å². The van der Waals surface area contributed by atoms with Gasteiger partial charge >= 0.3 is 6.18 Å². The van der Waals surface area contributed by atoms with Crippen molar-refractivity contribution in [2.75, 3.05) is 0 Å². The summed E-state index contributed by atoms with van der Waals surface area (Å²) in [5.41, 5.74) is 3.25. The molecule has 196 valence electrons. The van der Waals surface area contributed by atoms with Crippen LogP contribution in [0.5, 0.6) is 0 Å². The van der Waals surface area contributed by atoms with E-state index in [1.165, 1.54) is 24.4 Å². The molecule has 8 heteroatoms. The van der Waals surface area contributed by atoms with Crippen LogP contribution in [-0.4, -0.2) is 25.9 Å². The number of hydrogen-bond donors (Lipinski definition) is 1. The van der Waals surface area contributed by atoms with Crippen LogP contribution >= 0.6 is 0 Å². The van der Waals surface area contributed by atoms with E-state index in [2.05, 4.69) is 27.1 Å². The lowest BCUT2D eigenvalue weighted by Gasteiger charge is -2.36. The molecule has 2 unspecified atom stereocenters. The first-order valence-corrected chi connectivity index (χ1v) is 12.8. The number of alkyl halides is 3. The van der Waals surface area contributed by atoms with Gasteiger partial charge in [0.25, 0.3) is 0 Å². The summed E-state index contributed by atoms with van der Waals surface area (Å²) < 4.78 is 41.2. The highest BCUT2D eigenvalue weighted by molar-refractivity contribution is 6.07. The Kier molecular flexibility index (Phi) is 7.15. The van der Waals surface area contributed by atoms with Gasteiger partial charge in [0.05, 0.1) is 5.56 Å². The first-order valence-electron chi connectivity index (χ1n) is 12.8. The third-order valence-electron chi connectivity index (χ3n) is 7.50. The molecule has 0 saturated heterocycles. The maximum absolute atomic E-state index is 13.7. The van der Waals surface area contributed by atoms with E-state index < -0.39 is 11.7 Å². The average molecular weight is 519 g/mol. The Hall–Kier alpha value is -3.81. The number of carbonyl (C=O) groups is 1. The highest BCUT2D eigenvalue weighted by atomic mass is 19.4. The predicted molar refractivity (Wildman–Crippen MR) is 141 cm³/mol. The van der Waals surface area contributed by atoms with Gasteiger partial charge in [0, 0.05) is 34.6 Å². The zero-order valence-corrected chi connectivity index (χ0v) is 21.3. The summed E-state index contributed by atoms with van der Waals surface area (Å²) in [7, 11) is 0. The number of H-pyrrole nitrogens is 1. The summed E-state index contributed by atoms with van der Waals surface area (Å²) in [6.45, 7) is 3.99. The summed E-state index contributed by atoms with van der Waals surface area (Å²) in [4.78, 5) is 21.6. The van der Waals surface area contributed by atoms with E-state index in [1.807, 2.05) is 19.1 Å². The van der Waals surface area contributed by atoms with E-state index in [1.54, 1.807) is 30.5 Å². The number of halogens is 3. The molecular weight excluding hydrogens is 489 g/mol. The number of nitrogens with zero attached hydrogens (tertiary/aromatic N) is 3. The zero-order chi connectivity index (χ0) is 26.9. The molecule has 1 fully saturated rings. The molecule has 3 aromatic heterocycles. The number of allylic oxidation sites excluding steroid dienone is 2. The van der Waals surface area contributed by atoms with Crippen LogP contribution in [0.4, 0.5) is 13.2 Å². The molecule has 1 aliphatic rings. The lowest BCUT2D eigenvalue weighted by molar-refractivity contribution is -0.138. The molecule has 3 heterocycles. The third-order valence-corrected chi connectivity index (χ3v) is 7.50. The van der Waals surface area contributed by atoms with E-state index in [0.717, 1.165) is 29.5 Å². The molecule has 0 amide bonds. The van der Waals surface area contributed by atoms with Crippen LogP contribution in [0.3, 0.4) is 0 Å². The topological polar surface area (TPSA) is 71.5 Å². The monoisotopic (exact) mass is 518 g/mol. The number of nitrogens with one attached hydrogen (secondary N) is 1. The summed E-state index contributed by atoms with van der Waals surface area (Å²) in [5.74, 6) is -0.00965. The number of benzene rings is 1. The normalized spacial score (nSPS) is 20.3. The quantitative estimate of drug-likeness (QED) is 0.210. The van der Waals surface area contributed by atoms with Crippen LogP contribution in [0.25, 0.3) is 22.3 Å². The van der Waals surface area contributed by atoms with Gasteiger partial charge in [-0.25, -0.2) is 4.98 Å². The molecule has 5 nitrogen and oxygen atoms in total. The molecule has 1 aliphatic carbocycles. The van der Waals surface area contributed by atoms with Gasteiger partial charge in [0.1, 0.15) is 5.69 Å². The fourth-order valence-electron chi connectivity index (χ4n) is 5.58. The SMILES string of the molecule is Cc1cc(-c2n[nH]c3ncc(C(=O)/C=C/CC4CCC(C)C[C@H]4c4ccccc4C(F)(F)F)cc23)ccn1. The van der Waals surface area contributed by atoms with Crippen molar-refractivity contribution in [3.63, 3.8) is 0 Å². The Morgan fingerprint density at radius 3 is 2.74 bits per heavy atom. The fourth-order valence-corrected chi connectivity index (χ4v) is 5.58. The van der Waals surface area contributed by atoms with Gasteiger partial charge in [-0.15, -0.1) is 0 Å². The van der Waals surface area contributed by atoms with Crippen LogP contribution in [-0.2, 0) is 6.18 Å². The highest BCUT2D eigenvalue weighted by Crippen LogP contribution is 2.46. The minimum absolute atomic E-state index is 0.0368. The van der Waals surface area contributed by atoms with Crippen molar-refractivity contribution in [3.05, 3.63) is 89.4 Å². The Balaban J connectivity index is 1.36. The maximum Gasteiger partial charge on any atom is 0.416 e. The van der Waals surface area contributed by atoms with Crippen LogP contribution in [0, 0.1) is 18.8 Å². The minimum Gasteiger partial charge on any atom is -0.289 e. The van der Waals surface area contributed by atoms with Gasteiger partial charge in [-0.3, -0.25) is 14.9 Å². The molecule has 1 N–H and O–H groups in total. The van der Waals surface area contributed by atoms with Crippen LogP contribution in [0.15, 0.2) is 67.0 Å². The Bertz CT molecular complexity index is 1490. The summed E-state index contributed by atoms with van der Waals surface area (Å²) in [6, 6.07) is 11.5. The van der Waals surface area contributed by atoms with E-state index >= 15 is 0 Å². The molecule has 3 atom stereocenters. The lowest BCUT2D eigenvalue weighted by Crippen LogP contribution is -2.24. The molecule has 0 radical (unpaired) electrons. The maximum atomic E-state index is 13.7. The standard InChI is InChI=1S/C30H29F3N4O/c1-18-10-11-20(24(14-18)23-7-3-4-8-26(23)30(31,32)33)6-5-9-27(38)22-16-25-28(36-37-29(25)35-17-22)21-12-13-34-19(2)15-21/h3-5,7-9,12-13,15-18,20,24H,6,10-11,14H2,1-2H3,(H,35,36,37)/b9-5+/t18?,20?,24-/m1/s1. The second-order valence-corrected chi connectivity index (χ2v) is 10.3. The first-order chi connectivity index (χ1) is 18.2. The minimum atomic E-state index is -4.39. The molecule has 5 rings (SSSR count). The first kappa shape index (κ1) is 25.8. The van der Waals surface area contributed by atoms with Gasteiger partial charge in [-0.05, 0) is 79.8 Å². The van der Waals surface area contributed by atoms with Crippen molar-refractivity contribution in [1.29, 1.82) is 0 Å². The smallest absolute Gasteiger partial charge is 0.289 e. The Labute approximate surface area is 219 Å². The molecule has 0 spiro atoms. The Morgan fingerprint density at radius 1 is 1.13 bits per heavy atom. The van der Waals surface area contributed by atoms with Gasteiger partial charge in [0.15, 0.2) is 11.4 Å². The fraction of sp³-hybridized carbons (Fsp3) is 0.333. The molecule has 1 aromatic carbocycles. The number of rotatable bonds is 6. The number of hydrogen-bond acceptors (Lipinski definition) is 4. The molecule has 0 bridgehead atoms. The summed E-state index contributed by atoms with van der Waals surface area (Å²) >= 11 is 0. The number of carbonyl (C=O) groups excluding carboxylic acids is 1. The highest BCUT2D eigenvalue weighted by Gasteiger charge is 2.38. The number of aromatic amines is 1. The molecular formula is C30H29F3N4O. The van der Waals surface area contributed by atoms with E-state index in [-0.39, 0.29) is 17.6 Å². The molecule has 4 aromatic rings. The number of pyridine rings is 2. The van der Waals surface area contributed by atoms with Crippen molar-refractivity contribution in [2.24, 2.45) is 11.8 Å². The largest absolute Gasteiger partial charge is 0.416 e. The predicted octanol–water partition coefficient (Wildman–Crippen LogP) is 7.70. The van der Waals surface area contributed by atoms with Crippen molar-refractivity contribution in [2.45, 2.75) is 51.6 Å². The number of ketones is 1. The number of aromatic nitrogens is 4. The van der Waals surface area contributed by atoms with Crippen LogP contribution in [0.2, 0.25) is 0 Å². The summed E-state index contributed by atoms with van der Waals surface area (Å²) in [5, 5.41) is 8.02. The zero-order valence-electron chi connectivity index (χ0n) is 21.3. The van der Waals surface area contributed by atoms with Gasteiger partial charge < -0.3 is 0 Å². The van der Waals surface area contributed by atoms with Gasteiger partial charge in [-0.2, -0.15) is 18.3 Å². The van der Waals surface area contributed by atoms with Gasteiger partial charge in [-0.1, -0.05) is 37.6 Å². The number of aryl methyl sites for hydroxylation is 1. The third kappa shape index (κ3) is 5.39.